The Bertz CT molecular complexity index is 1060. The van der Waals surface area contributed by atoms with E-state index in [1.54, 1.807) is 0 Å². The van der Waals surface area contributed by atoms with Gasteiger partial charge in [-0.15, -0.1) is 0 Å². The third kappa shape index (κ3) is 2.47. The lowest BCUT2D eigenvalue weighted by molar-refractivity contribution is -0.133. The van der Waals surface area contributed by atoms with Crippen LogP contribution >= 0.6 is 0 Å². The zero-order valence-electron chi connectivity index (χ0n) is 14.9. The van der Waals surface area contributed by atoms with Gasteiger partial charge in [0.1, 0.15) is 12.0 Å². The van der Waals surface area contributed by atoms with Gasteiger partial charge in [-0.3, -0.25) is 9.69 Å². The van der Waals surface area contributed by atoms with E-state index >= 15 is 0 Å². The number of ether oxygens (including phenoxy) is 1. The van der Waals surface area contributed by atoms with Crippen molar-refractivity contribution in [3.63, 3.8) is 0 Å². The number of nitrogens with one attached hydrogen (secondary N) is 1. The van der Waals surface area contributed by atoms with Gasteiger partial charge in [-0.05, 0) is 18.2 Å². The van der Waals surface area contributed by atoms with Crippen molar-refractivity contribution >= 4 is 11.9 Å². The normalized spacial score (nSPS) is 20.8. The number of oxazole rings is 1. The minimum atomic E-state index is -1.09. The molecule has 0 saturated carbocycles. The summed E-state index contributed by atoms with van der Waals surface area (Å²) in [4.78, 5) is 31.5. The highest BCUT2D eigenvalue weighted by molar-refractivity contribution is 6.07. The summed E-state index contributed by atoms with van der Waals surface area (Å²) in [5, 5.41) is 2.88. The number of hydrogen-bond donors (Lipinski definition) is 1. The van der Waals surface area contributed by atoms with Gasteiger partial charge in [0.15, 0.2) is 5.54 Å². The zero-order chi connectivity index (χ0) is 19.1. The maximum absolute atomic E-state index is 13.3. The minimum Gasteiger partial charge on any atom is -0.493 e. The van der Waals surface area contributed by atoms with E-state index in [2.05, 4.69) is 10.3 Å². The molecular formula is C21H17N3O4. The SMILES string of the molecule is O=C1N[C@@]2(CCOc3ccccc32)C(=O)N1Cc1coc(-c2ccccc2)n1. The van der Waals surface area contributed by atoms with Gasteiger partial charge in [0.05, 0.1) is 18.8 Å². The second-order valence-corrected chi connectivity index (χ2v) is 6.83. The molecule has 5 rings (SSSR count). The van der Waals surface area contributed by atoms with Crippen molar-refractivity contribution in [2.24, 2.45) is 0 Å². The number of benzene rings is 2. The monoisotopic (exact) mass is 375 g/mol. The summed E-state index contributed by atoms with van der Waals surface area (Å²) in [6.07, 6.45) is 1.87. The Hall–Kier alpha value is -3.61. The van der Waals surface area contributed by atoms with Crippen LogP contribution < -0.4 is 10.1 Å². The molecule has 1 fully saturated rings. The molecule has 2 aliphatic rings. The molecule has 0 bridgehead atoms. The maximum atomic E-state index is 13.3. The highest BCUT2D eigenvalue weighted by Gasteiger charge is 2.54. The average molecular weight is 375 g/mol. The first-order valence-corrected chi connectivity index (χ1v) is 9.04. The van der Waals surface area contributed by atoms with E-state index in [9.17, 15) is 9.59 Å². The van der Waals surface area contributed by atoms with Crippen molar-refractivity contribution in [2.45, 2.75) is 18.5 Å². The quantitative estimate of drug-likeness (QED) is 0.711. The Labute approximate surface area is 160 Å². The standard InChI is InChI=1S/C21H17N3O4/c25-19-21(10-11-27-17-9-5-4-8-16(17)21)23-20(26)24(19)12-15-13-28-18(22-15)14-6-2-1-3-7-14/h1-9,13H,10-12H2,(H,23,26)/t21-/m1/s1. The number of carbonyl (C=O) groups is 2. The summed E-state index contributed by atoms with van der Waals surface area (Å²) < 4.78 is 11.2. The average Bonchev–Trinajstić information content (AvgIpc) is 3.29. The van der Waals surface area contributed by atoms with Crippen molar-refractivity contribution in [1.82, 2.24) is 15.2 Å². The lowest BCUT2D eigenvalue weighted by Crippen LogP contribution is -2.47. The number of hydrogen-bond acceptors (Lipinski definition) is 5. The minimum absolute atomic E-state index is 0.0474. The van der Waals surface area contributed by atoms with Crippen LogP contribution in [-0.2, 0) is 16.9 Å². The lowest BCUT2D eigenvalue weighted by atomic mass is 9.84. The van der Waals surface area contributed by atoms with Crippen molar-refractivity contribution in [3.8, 4) is 17.2 Å². The fraction of sp³-hybridized carbons (Fsp3) is 0.190. The molecule has 7 heteroatoms. The van der Waals surface area contributed by atoms with Crippen molar-refractivity contribution in [1.29, 1.82) is 0 Å². The predicted octanol–water partition coefficient (Wildman–Crippen LogP) is 3.07. The number of nitrogens with zero attached hydrogens (tertiary/aromatic N) is 2. The first kappa shape index (κ1) is 16.6. The molecule has 1 atom stereocenters. The van der Waals surface area contributed by atoms with Gasteiger partial charge < -0.3 is 14.5 Å². The molecule has 2 aromatic carbocycles. The van der Waals surface area contributed by atoms with Crippen molar-refractivity contribution in [3.05, 3.63) is 72.1 Å². The van der Waals surface area contributed by atoms with Crippen LogP contribution in [0.2, 0.25) is 0 Å². The molecule has 3 aromatic rings. The molecule has 0 unspecified atom stereocenters. The first-order valence-electron chi connectivity index (χ1n) is 9.04. The lowest BCUT2D eigenvalue weighted by Gasteiger charge is -2.33. The number of para-hydroxylation sites is 1. The summed E-state index contributed by atoms with van der Waals surface area (Å²) in [6, 6.07) is 16.3. The number of carbonyl (C=O) groups excluding carboxylic acids is 2. The first-order chi connectivity index (χ1) is 13.7. The third-order valence-electron chi connectivity index (χ3n) is 5.15. The Morgan fingerprint density at radius 3 is 2.71 bits per heavy atom. The highest BCUT2D eigenvalue weighted by atomic mass is 16.5. The molecule has 0 aliphatic carbocycles. The van der Waals surface area contributed by atoms with Crippen LogP contribution in [0.3, 0.4) is 0 Å². The van der Waals surface area contributed by atoms with Gasteiger partial charge in [0, 0.05) is 17.5 Å². The Kier molecular flexibility index (Phi) is 3.68. The molecule has 28 heavy (non-hydrogen) atoms. The molecule has 7 nitrogen and oxygen atoms in total. The topological polar surface area (TPSA) is 84.7 Å². The van der Waals surface area contributed by atoms with E-state index in [0.717, 1.165) is 5.56 Å². The van der Waals surface area contributed by atoms with Gasteiger partial charge in [-0.1, -0.05) is 36.4 Å². The van der Waals surface area contributed by atoms with E-state index in [4.69, 9.17) is 9.15 Å². The van der Waals surface area contributed by atoms with Crippen LogP contribution in [0.4, 0.5) is 4.79 Å². The third-order valence-corrected chi connectivity index (χ3v) is 5.15. The molecule has 3 amide bonds. The predicted molar refractivity (Wildman–Crippen MR) is 99.3 cm³/mol. The van der Waals surface area contributed by atoms with Crippen LogP contribution in [0.25, 0.3) is 11.5 Å². The summed E-state index contributed by atoms with van der Waals surface area (Å²) in [7, 11) is 0. The Morgan fingerprint density at radius 2 is 1.86 bits per heavy atom. The van der Waals surface area contributed by atoms with Crippen LogP contribution in [0.1, 0.15) is 17.7 Å². The molecule has 3 heterocycles. The van der Waals surface area contributed by atoms with Crippen LogP contribution in [0.5, 0.6) is 5.75 Å². The smallest absolute Gasteiger partial charge is 0.325 e. The van der Waals surface area contributed by atoms with E-state index < -0.39 is 11.6 Å². The van der Waals surface area contributed by atoms with Crippen molar-refractivity contribution < 1.29 is 18.7 Å². The molecule has 2 aliphatic heterocycles. The number of fused-ring (bicyclic) bond motifs is 2. The maximum Gasteiger partial charge on any atom is 0.325 e. The fourth-order valence-electron chi connectivity index (χ4n) is 3.77. The van der Waals surface area contributed by atoms with Gasteiger partial charge in [0.2, 0.25) is 5.89 Å². The summed E-state index contributed by atoms with van der Waals surface area (Å²) >= 11 is 0. The van der Waals surface area contributed by atoms with Crippen LogP contribution in [0.15, 0.2) is 65.3 Å². The van der Waals surface area contributed by atoms with E-state index in [-0.39, 0.29) is 12.5 Å². The molecule has 140 valence electrons. The number of imide groups is 1. The van der Waals surface area contributed by atoms with E-state index in [1.807, 2.05) is 54.6 Å². The second-order valence-electron chi connectivity index (χ2n) is 6.83. The summed E-state index contributed by atoms with van der Waals surface area (Å²) in [6.45, 7) is 0.408. The fourth-order valence-corrected chi connectivity index (χ4v) is 3.77. The second kappa shape index (κ2) is 6.23. The van der Waals surface area contributed by atoms with Gasteiger partial charge >= 0.3 is 6.03 Å². The zero-order valence-corrected chi connectivity index (χ0v) is 14.9. The molecule has 1 aromatic heterocycles. The number of aromatic nitrogens is 1. The van der Waals surface area contributed by atoms with Crippen LogP contribution in [-0.4, -0.2) is 28.4 Å². The summed E-state index contributed by atoms with van der Waals surface area (Å²) in [5.74, 6) is 0.781. The number of amides is 3. The van der Waals surface area contributed by atoms with Gasteiger partial charge in [-0.2, -0.15) is 0 Å². The van der Waals surface area contributed by atoms with Crippen molar-refractivity contribution in [2.75, 3.05) is 6.61 Å². The molecule has 0 radical (unpaired) electrons. The summed E-state index contributed by atoms with van der Waals surface area (Å²) in [5.41, 5.74) is 0.950. The number of urea groups is 1. The number of rotatable bonds is 3. The van der Waals surface area contributed by atoms with Gasteiger partial charge in [0.25, 0.3) is 5.91 Å². The largest absolute Gasteiger partial charge is 0.493 e. The molecular weight excluding hydrogens is 358 g/mol. The Morgan fingerprint density at radius 1 is 1.07 bits per heavy atom. The Balaban J connectivity index is 1.43. The van der Waals surface area contributed by atoms with Crippen LogP contribution in [0, 0.1) is 0 Å². The molecule has 1 N–H and O–H groups in total. The van der Waals surface area contributed by atoms with E-state index in [0.29, 0.717) is 35.9 Å². The molecule has 1 spiro atoms. The highest BCUT2D eigenvalue weighted by Crippen LogP contribution is 2.41. The van der Waals surface area contributed by atoms with E-state index in [1.165, 1.54) is 11.2 Å². The molecule has 1 saturated heterocycles. The van der Waals surface area contributed by atoms with Gasteiger partial charge in [-0.25, -0.2) is 9.78 Å².